The molecule has 2 aliphatic rings. The first-order valence-electron chi connectivity index (χ1n) is 17.4. The van der Waals surface area contributed by atoms with Crippen molar-refractivity contribution in [1.82, 2.24) is 29.7 Å². The number of amides is 5. The summed E-state index contributed by atoms with van der Waals surface area (Å²) in [4.78, 5) is 111. The van der Waals surface area contributed by atoms with Crippen LogP contribution in [0.5, 0.6) is 0 Å². The highest BCUT2D eigenvalue weighted by Gasteiger charge is 2.32. The standard InChI is InChI=1S/C37H39N7O8/c1-20-38-24-11-7-9-22(32(24)36(51)43(20)27-15-17-30(47)41-34(27)49)19-23(45)10-5-3-4-6-14-29(46)40-26-13-8-12-25-33(26)37(52)44(21(2)39-25)28-16-18-31(48)42-35(28)50/h7-9,11-13,27-28H,3-6,10,14-19H2,1-2H3,(H,40,46)(H,41,47,49)(H,42,48,50). The summed E-state index contributed by atoms with van der Waals surface area (Å²) >= 11 is 0. The lowest BCUT2D eigenvalue weighted by Crippen LogP contribution is -2.45. The molecule has 4 heterocycles. The van der Waals surface area contributed by atoms with Gasteiger partial charge in [0, 0.05) is 32.1 Å². The SMILES string of the molecule is Cc1nc2cccc(CC(=O)CCCCCCC(=O)Nc3cccc4nc(C)n(C5CCC(=O)NC5=O)c(=O)c34)c2c(=O)n1C1CCC(=O)NC1=O. The van der Waals surface area contributed by atoms with Crippen molar-refractivity contribution in [3.05, 3.63) is 74.3 Å². The molecule has 0 radical (unpaired) electrons. The van der Waals surface area contributed by atoms with Gasteiger partial charge < -0.3 is 5.32 Å². The maximum Gasteiger partial charge on any atom is 0.264 e. The van der Waals surface area contributed by atoms with Crippen LogP contribution in [0.25, 0.3) is 21.8 Å². The van der Waals surface area contributed by atoms with Crippen LogP contribution < -0.4 is 27.1 Å². The van der Waals surface area contributed by atoms with Crippen LogP contribution in [0.15, 0.2) is 46.0 Å². The van der Waals surface area contributed by atoms with Crippen molar-refractivity contribution in [3.63, 3.8) is 0 Å². The minimum Gasteiger partial charge on any atom is -0.325 e. The summed E-state index contributed by atoms with van der Waals surface area (Å²) in [6.45, 7) is 3.25. The number of aryl methyl sites for hydroxylation is 2. The number of hydrogen-bond acceptors (Lipinski definition) is 10. The largest absolute Gasteiger partial charge is 0.325 e. The molecule has 15 heteroatoms. The van der Waals surface area contributed by atoms with E-state index in [0.717, 1.165) is 0 Å². The summed E-state index contributed by atoms with van der Waals surface area (Å²) in [5.74, 6) is -1.57. The lowest BCUT2D eigenvalue weighted by atomic mass is 9.99. The maximum atomic E-state index is 13.6. The van der Waals surface area contributed by atoms with Crippen LogP contribution in [0.3, 0.4) is 0 Å². The quantitative estimate of drug-likeness (QED) is 0.145. The van der Waals surface area contributed by atoms with Gasteiger partial charge in [-0.1, -0.05) is 31.0 Å². The molecule has 2 unspecified atom stereocenters. The zero-order valence-electron chi connectivity index (χ0n) is 29.0. The molecule has 270 valence electrons. The number of carbonyl (C=O) groups excluding carboxylic acids is 6. The Kier molecular flexibility index (Phi) is 10.5. The Labute approximate surface area is 297 Å². The fraction of sp³-hybridized carbons (Fsp3) is 0.405. The molecule has 3 N–H and O–H groups in total. The van der Waals surface area contributed by atoms with Crippen molar-refractivity contribution < 1.29 is 28.8 Å². The van der Waals surface area contributed by atoms with Gasteiger partial charge in [-0.3, -0.25) is 58.1 Å². The average Bonchev–Trinajstić information content (AvgIpc) is 3.08. The zero-order chi connectivity index (χ0) is 37.1. The number of ketones is 1. The van der Waals surface area contributed by atoms with Gasteiger partial charge >= 0.3 is 0 Å². The molecule has 0 bridgehead atoms. The van der Waals surface area contributed by atoms with Crippen molar-refractivity contribution in [2.45, 2.75) is 96.6 Å². The molecule has 52 heavy (non-hydrogen) atoms. The summed E-state index contributed by atoms with van der Waals surface area (Å²) in [6.07, 6.45) is 3.61. The van der Waals surface area contributed by atoms with Crippen molar-refractivity contribution >= 4 is 62.8 Å². The fourth-order valence-corrected chi connectivity index (χ4v) is 7.09. The van der Waals surface area contributed by atoms with Crippen molar-refractivity contribution in [3.8, 4) is 0 Å². The molecule has 0 saturated carbocycles. The van der Waals surface area contributed by atoms with Crippen molar-refractivity contribution in [1.29, 1.82) is 0 Å². The number of piperidine rings is 2. The number of hydrogen-bond donors (Lipinski definition) is 3. The Morgan fingerprint density at radius 3 is 1.81 bits per heavy atom. The molecule has 0 spiro atoms. The number of benzene rings is 2. The van der Waals surface area contributed by atoms with Gasteiger partial charge in [0.15, 0.2) is 0 Å². The maximum absolute atomic E-state index is 13.6. The normalized spacial score (nSPS) is 17.7. The first-order chi connectivity index (χ1) is 24.9. The van der Waals surface area contributed by atoms with Gasteiger partial charge in [0.25, 0.3) is 11.1 Å². The smallest absolute Gasteiger partial charge is 0.264 e. The third-order valence-corrected chi connectivity index (χ3v) is 9.61. The first-order valence-corrected chi connectivity index (χ1v) is 17.4. The van der Waals surface area contributed by atoms with Crippen LogP contribution in [-0.2, 0) is 35.2 Å². The molecule has 6 rings (SSSR count). The third kappa shape index (κ3) is 7.43. The fourth-order valence-electron chi connectivity index (χ4n) is 7.09. The van der Waals surface area contributed by atoms with E-state index in [1.165, 1.54) is 9.13 Å². The van der Waals surface area contributed by atoms with E-state index in [-0.39, 0.29) is 79.0 Å². The Morgan fingerprint density at radius 1 is 0.712 bits per heavy atom. The van der Waals surface area contributed by atoms with E-state index in [9.17, 15) is 38.4 Å². The van der Waals surface area contributed by atoms with E-state index in [1.807, 2.05) is 0 Å². The van der Waals surface area contributed by atoms with Crippen molar-refractivity contribution in [2.24, 2.45) is 0 Å². The summed E-state index contributed by atoms with van der Waals surface area (Å²) in [5.41, 5.74) is 0.725. The van der Waals surface area contributed by atoms with Gasteiger partial charge in [0.1, 0.15) is 29.5 Å². The number of fused-ring (bicyclic) bond motifs is 2. The summed E-state index contributed by atoms with van der Waals surface area (Å²) in [6, 6.07) is 8.35. The second-order valence-corrected chi connectivity index (χ2v) is 13.3. The zero-order valence-corrected chi connectivity index (χ0v) is 29.0. The number of rotatable bonds is 12. The predicted molar refractivity (Wildman–Crippen MR) is 189 cm³/mol. The predicted octanol–water partition coefficient (Wildman–Crippen LogP) is 2.77. The van der Waals surface area contributed by atoms with E-state index in [1.54, 1.807) is 50.2 Å². The van der Waals surface area contributed by atoms with E-state index >= 15 is 0 Å². The molecule has 2 saturated heterocycles. The van der Waals surface area contributed by atoms with Crippen LogP contribution in [0, 0.1) is 13.8 Å². The molecule has 15 nitrogen and oxygen atoms in total. The van der Waals surface area contributed by atoms with Crippen molar-refractivity contribution in [2.75, 3.05) is 5.32 Å². The van der Waals surface area contributed by atoms with Crippen LogP contribution >= 0.6 is 0 Å². The number of carbonyl (C=O) groups is 6. The molecule has 2 fully saturated rings. The van der Waals surface area contributed by atoms with Crippen LogP contribution in [0.2, 0.25) is 0 Å². The van der Waals surface area contributed by atoms with E-state index < -0.39 is 40.9 Å². The molecule has 4 aromatic rings. The molecule has 2 aliphatic heterocycles. The average molecular weight is 710 g/mol. The van der Waals surface area contributed by atoms with Crippen LogP contribution in [0.4, 0.5) is 5.69 Å². The number of Topliss-reactive ketones (excluding diaryl/α,β-unsaturated/α-hetero) is 1. The number of nitrogens with one attached hydrogen (secondary N) is 3. The number of imide groups is 2. The summed E-state index contributed by atoms with van der Waals surface area (Å²) < 4.78 is 2.58. The summed E-state index contributed by atoms with van der Waals surface area (Å²) in [7, 11) is 0. The van der Waals surface area contributed by atoms with Crippen LogP contribution in [0.1, 0.15) is 93.5 Å². The number of aromatic nitrogens is 4. The van der Waals surface area contributed by atoms with E-state index in [2.05, 4.69) is 25.9 Å². The molecular weight excluding hydrogens is 670 g/mol. The highest BCUT2D eigenvalue weighted by Crippen LogP contribution is 2.25. The Balaban J connectivity index is 1.02. The second kappa shape index (κ2) is 15.2. The third-order valence-electron chi connectivity index (χ3n) is 9.61. The molecule has 2 aromatic heterocycles. The number of unbranched alkanes of at least 4 members (excludes halogenated alkanes) is 3. The Bertz CT molecular complexity index is 2120. The molecule has 0 aliphatic carbocycles. The Morgan fingerprint density at radius 2 is 1.23 bits per heavy atom. The second-order valence-electron chi connectivity index (χ2n) is 13.3. The summed E-state index contributed by atoms with van der Waals surface area (Å²) in [5, 5.41) is 7.82. The number of anilines is 1. The molecule has 2 aromatic carbocycles. The van der Waals surface area contributed by atoms with E-state index in [0.29, 0.717) is 53.9 Å². The van der Waals surface area contributed by atoms with E-state index in [4.69, 9.17) is 0 Å². The first kappa shape index (κ1) is 35.9. The van der Waals surface area contributed by atoms with Crippen LogP contribution in [-0.4, -0.2) is 54.4 Å². The lowest BCUT2D eigenvalue weighted by Gasteiger charge is -2.24. The monoisotopic (exact) mass is 709 g/mol. The van der Waals surface area contributed by atoms with Gasteiger partial charge in [-0.15, -0.1) is 0 Å². The molecule has 5 amide bonds. The molecular formula is C37H39N7O8. The van der Waals surface area contributed by atoms with Gasteiger partial charge in [0.05, 0.1) is 27.5 Å². The minimum atomic E-state index is -0.882. The van der Waals surface area contributed by atoms with Gasteiger partial charge in [0.2, 0.25) is 29.5 Å². The van der Waals surface area contributed by atoms with Gasteiger partial charge in [-0.05, 0) is 63.3 Å². The topological polar surface area (TPSA) is 208 Å². The highest BCUT2D eigenvalue weighted by molar-refractivity contribution is 6.02. The number of nitrogens with zero attached hydrogens (tertiary/aromatic N) is 4. The lowest BCUT2D eigenvalue weighted by molar-refractivity contribution is -0.137. The molecule has 2 atom stereocenters. The van der Waals surface area contributed by atoms with Gasteiger partial charge in [-0.25, -0.2) is 9.97 Å². The Hall–Kier alpha value is -5.86. The minimum absolute atomic E-state index is 0.0275. The highest BCUT2D eigenvalue weighted by atomic mass is 16.2. The van der Waals surface area contributed by atoms with Gasteiger partial charge in [-0.2, -0.15) is 0 Å².